The van der Waals surface area contributed by atoms with E-state index < -0.39 is 11.7 Å². The van der Waals surface area contributed by atoms with Gasteiger partial charge in [0.25, 0.3) is 0 Å². The van der Waals surface area contributed by atoms with Gasteiger partial charge >= 0.3 is 6.18 Å². The summed E-state index contributed by atoms with van der Waals surface area (Å²) in [6.45, 7) is 4.06. The van der Waals surface area contributed by atoms with Crippen LogP contribution in [0.1, 0.15) is 28.8 Å². The lowest BCUT2D eigenvalue weighted by Gasteiger charge is -2.09. The highest BCUT2D eigenvalue weighted by atomic mass is 19.4. The average Bonchev–Trinajstić information content (AvgIpc) is 2.83. The number of carbonyl (C=O) groups excluding carboxylic acids is 1. The summed E-state index contributed by atoms with van der Waals surface area (Å²) in [4.78, 5) is 12.2. The fourth-order valence-corrected chi connectivity index (χ4v) is 3.28. The minimum atomic E-state index is -4.38. The molecule has 3 aromatic rings. The second-order valence-electron chi connectivity index (χ2n) is 6.77. The summed E-state index contributed by atoms with van der Waals surface area (Å²) in [6, 6.07) is 10.7. The largest absolute Gasteiger partial charge is 0.416 e. The number of aromatic nitrogens is 1. The molecule has 0 aliphatic heterocycles. The minimum absolute atomic E-state index is 0.223. The molecule has 6 heteroatoms. The molecule has 0 fully saturated rings. The summed E-state index contributed by atoms with van der Waals surface area (Å²) >= 11 is 0. The van der Waals surface area contributed by atoms with Crippen LogP contribution >= 0.6 is 0 Å². The van der Waals surface area contributed by atoms with E-state index in [-0.39, 0.29) is 12.3 Å². The Balaban J connectivity index is 1.70. The van der Waals surface area contributed by atoms with Crippen LogP contribution in [0.15, 0.2) is 42.5 Å². The fourth-order valence-electron chi connectivity index (χ4n) is 3.28. The van der Waals surface area contributed by atoms with E-state index in [1.165, 1.54) is 12.1 Å². The van der Waals surface area contributed by atoms with Crippen molar-refractivity contribution < 1.29 is 18.0 Å². The summed E-state index contributed by atoms with van der Waals surface area (Å²) in [6.07, 6.45) is -3.55. The number of carbonyl (C=O) groups is 1. The van der Waals surface area contributed by atoms with Crippen molar-refractivity contribution in [3.63, 3.8) is 0 Å². The Bertz CT molecular complexity index is 985. The summed E-state index contributed by atoms with van der Waals surface area (Å²) in [7, 11) is 2.00. The van der Waals surface area contributed by atoms with Gasteiger partial charge in [0.2, 0.25) is 5.91 Å². The van der Waals surface area contributed by atoms with Gasteiger partial charge in [-0.25, -0.2) is 0 Å². The predicted molar refractivity (Wildman–Crippen MR) is 101 cm³/mol. The van der Waals surface area contributed by atoms with Crippen LogP contribution in [0.5, 0.6) is 0 Å². The van der Waals surface area contributed by atoms with E-state index in [0.717, 1.165) is 39.9 Å². The van der Waals surface area contributed by atoms with Crippen molar-refractivity contribution in [2.24, 2.45) is 7.05 Å². The molecular formula is C21H21F3N2O. The molecule has 0 unspecified atom stereocenters. The molecule has 0 aliphatic rings. The molecule has 0 atom stereocenters. The highest BCUT2D eigenvalue weighted by Gasteiger charge is 2.30. The normalized spacial score (nSPS) is 11.8. The molecule has 0 bridgehead atoms. The first-order valence-corrected chi connectivity index (χ1v) is 8.68. The van der Waals surface area contributed by atoms with Gasteiger partial charge in [0.1, 0.15) is 0 Å². The molecule has 1 aromatic heterocycles. The Labute approximate surface area is 155 Å². The molecule has 2 aromatic carbocycles. The van der Waals surface area contributed by atoms with Crippen molar-refractivity contribution in [2.45, 2.75) is 32.9 Å². The molecule has 1 N–H and O–H groups in total. The molecule has 0 saturated carbocycles. The zero-order valence-electron chi connectivity index (χ0n) is 15.4. The van der Waals surface area contributed by atoms with Gasteiger partial charge in [-0.05, 0) is 62.2 Å². The molecule has 3 rings (SSSR count). The molecule has 1 amide bonds. The molecule has 0 saturated heterocycles. The minimum Gasteiger partial charge on any atom is -0.348 e. The van der Waals surface area contributed by atoms with Gasteiger partial charge in [-0.3, -0.25) is 4.79 Å². The molecule has 0 radical (unpaired) electrons. The summed E-state index contributed by atoms with van der Waals surface area (Å²) in [5.74, 6) is -0.223. The maximum Gasteiger partial charge on any atom is 0.416 e. The van der Waals surface area contributed by atoms with Gasteiger partial charge < -0.3 is 9.88 Å². The molecule has 0 spiro atoms. The van der Waals surface area contributed by atoms with Crippen LogP contribution < -0.4 is 5.32 Å². The first-order valence-electron chi connectivity index (χ1n) is 8.68. The second-order valence-corrected chi connectivity index (χ2v) is 6.77. The van der Waals surface area contributed by atoms with E-state index in [1.807, 2.05) is 20.9 Å². The van der Waals surface area contributed by atoms with Gasteiger partial charge in [-0.2, -0.15) is 13.2 Å². The van der Waals surface area contributed by atoms with E-state index in [2.05, 4.69) is 28.1 Å². The number of hydrogen-bond acceptors (Lipinski definition) is 1. The van der Waals surface area contributed by atoms with Crippen molar-refractivity contribution in [1.29, 1.82) is 0 Å². The smallest absolute Gasteiger partial charge is 0.348 e. The number of nitrogens with one attached hydrogen (secondary N) is 1. The summed E-state index contributed by atoms with van der Waals surface area (Å²) in [5.41, 5.74) is 4.14. The SMILES string of the molecule is Cc1ccc2c(c1)c(CCC(=O)Nc1ccc(C(F)(F)F)cc1)c(C)n2C. The number of anilines is 1. The Morgan fingerprint density at radius 1 is 1.07 bits per heavy atom. The maximum atomic E-state index is 12.6. The van der Waals surface area contributed by atoms with Crippen LogP contribution in [0.4, 0.5) is 18.9 Å². The highest BCUT2D eigenvalue weighted by molar-refractivity contribution is 5.92. The van der Waals surface area contributed by atoms with Crippen LogP contribution in [-0.4, -0.2) is 10.5 Å². The molecular weight excluding hydrogens is 353 g/mol. The van der Waals surface area contributed by atoms with E-state index in [4.69, 9.17) is 0 Å². The number of nitrogens with zero attached hydrogens (tertiary/aromatic N) is 1. The number of halogens is 3. The lowest BCUT2D eigenvalue weighted by Crippen LogP contribution is -2.13. The van der Waals surface area contributed by atoms with Crippen LogP contribution in [0.25, 0.3) is 10.9 Å². The number of hydrogen-bond donors (Lipinski definition) is 1. The molecule has 142 valence electrons. The first-order chi connectivity index (χ1) is 12.7. The topological polar surface area (TPSA) is 34.0 Å². The predicted octanol–water partition coefficient (Wildman–Crippen LogP) is 5.39. The van der Waals surface area contributed by atoms with Gasteiger partial charge in [0, 0.05) is 35.8 Å². The van der Waals surface area contributed by atoms with Gasteiger partial charge in [0.05, 0.1) is 5.56 Å². The number of alkyl halides is 3. The third-order valence-corrected chi connectivity index (χ3v) is 4.88. The van der Waals surface area contributed by atoms with Gasteiger partial charge in [-0.1, -0.05) is 11.6 Å². The van der Waals surface area contributed by atoms with E-state index in [9.17, 15) is 18.0 Å². The Hall–Kier alpha value is -2.76. The molecule has 27 heavy (non-hydrogen) atoms. The molecule has 0 aliphatic carbocycles. The highest BCUT2D eigenvalue weighted by Crippen LogP contribution is 2.30. The van der Waals surface area contributed by atoms with Crippen molar-refractivity contribution in [3.8, 4) is 0 Å². The van der Waals surface area contributed by atoms with Gasteiger partial charge in [0.15, 0.2) is 0 Å². The van der Waals surface area contributed by atoms with Crippen LogP contribution in [-0.2, 0) is 24.4 Å². The molecule has 1 heterocycles. The number of amides is 1. The number of aryl methyl sites for hydroxylation is 3. The zero-order valence-corrected chi connectivity index (χ0v) is 15.4. The number of fused-ring (bicyclic) bond motifs is 1. The first kappa shape index (κ1) is 19.0. The number of benzene rings is 2. The third kappa shape index (κ3) is 3.99. The quantitative estimate of drug-likeness (QED) is 0.653. The van der Waals surface area contributed by atoms with E-state index in [0.29, 0.717) is 12.1 Å². The van der Waals surface area contributed by atoms with Crippen LogP contribution in [0, 0.1) is 13.8 Å². The Kier molecular flexibility index (Phi) is 5.00. The standard InChI is InChI=1S/C21H21F3N2O/c1-13-4-10-19-18(12-13)17(14(2)26(19)3)9-11-20(27)25-16-7-5-15(6-8-16)21(22,23)24/h4-8,10,12H,9,11H2,1-3H3,(H,25,27). The van der Waals surface area contributed by atoms with Gasteiger partial charge in [-0.15, -0.1) is 0 Å². The van der Waals surface area contributed by atoms with Crippen molar-refractivity contribution >= 4 is 22.5 Å². The maximum absolute atomic E-state index is 12.6. The second kappa shape index (κ2) is 7.10. The summed E-state index contributed by atoms with van der Waals surface area (Å²) < 4.78 is 39.9. The van der Waals surface area contributed by atoms with Crippen molar-refractivity contribution in [1.82, 2.24) is 4.57 Å². The van der Waals surface area contributed by atoms with Crippen LogP contribution in [0.2, 0.25) is 0 Å². The Morgan fingerprint density at radius 2 is 1.74 bits per heavy atom. The lowest BCUT2D eigenvalue weighted by atomic mass is 10.0. The van der Waals surface area contributed by atoms with E-state index >= 15 is 0 Å². The average molecular weight is 374 g/mol. The van der Waals surface area contributed by atoms with E-state index in [1.54, 1.807) is 0 Å². The monoisotopic (exact) mass is 374 g/mol. The lowest BCUT2D eigenvalue weighted by molar-refractivity contribution is -0.137. The van der Waals surface area contributed by atoms with Crippen molar-refractivity contribution in [2.75, 3.05) is 5.32 Å². The molecule has 3 nitrogen and oxygen atoms in total. The fraction of sp³-hybridized carbons (Fsp3) is 0.286. The zero-order chi connectivity index (χ0) is 19.8. The van der Waals surface area contributed by atoms with Crippen molar-refractivity contribution in [3.05, 3.63) is 64.8 Å². The third-order valence-electron chi connectivity index (χ3n) is 4.88. The number of rotatable bonds is 4. The Morgan fingerprint density at radius 3 is 2.37 bits per heavy atom. The van der Waals surface area contributed by atoms with Crippen LogP contribution in [0.3, 0.4) is 0 Å². The summed E-state index contributed by atoms with van der Waals surface area (Å²) in [5, 5.41) is 3.80.